The van der Waals surface area contributed by atoms with Gasteiger partial charge >= 0.3 is 5.97 Å². The zero-order chi connectivity index (χ0) is 15.2. The molecule has 2 rings (SSSR count). The molecule has 0 radical (unpaired) electrons. The predicted molar refractivity (Wildman–Crippen MR) is 78.1 cm³/mol. The number of amides is 1. The first-order valence-electron chi connectivity index (χ1n) is 5.84. The lowest BCUT2D eigenvalue weighted by molar-refractivity contribution is -0.131. The molecule has 1 aromatic carbocycles. The van der Waals surface area contributed by atoms with Crippen LogP contribution in [0.4, 0.5) is 5.69 Å². The maximum absolute atomic E-state index is 11.9. The Hall–Kier alpha value is -2.73. The van der Waals surface area contributed by atoms with Gasteiger partial charge in [-0.05, 0) is 23.8 Å². The molecule has 1 heterocycles. The predicted octanol–water partition coefficient (Wildman–Crippen LogP) is 2.48. The molecule has 106 valence electrons. The van der Waals surface area contributed by atoms with Crippen molar-refractivity contribution >= 4 is 35.2 Å². The summed E-state index contributed by atoms with van der Waals surface area (Å²) in [4.78, 5) is 29.9. The molecule has 0 saturated heterocycles. The molecule has 2 aromatic rings. The molecule has 7 heteroatoms. The Bertz CT molecular complexity index is 699. The van der Waals surface area contributed by atoms with Gasteiger partial charge in [-0.1, -0.05) is 23.7 Å². The third-order valence-electron chi connectivity index (χ3n) is 2.42. The number of carbonyl (C=O) groups excluding carboxylic acids is 1. The van der Waals surface area contributed by atoms with E-state index in [1.807, 2.05) is 0 Å². The number of nitrogens with zero attached hydrogens (tertiary/aromatic N) is 2. The molecule has 0 bridgehead atoms. The first-order valence-corrected chi connectivity index (χ1v) is 6.22. The van der Waals surface area contributed by atoms with Crippen LogP contribution < -0.4 is 5.32 Å². The minimum Gasteiger partial charge on any atom is -0.478 e. The van der Waals surface area contributed by atoms with E-state index in [0.717, 1.165) is 6.08 Å². The summed E-state index contributed by atoms with van der Waals surface area (Å²) in [5.74, 6) is -1.45. The molecule has 0 spiro atoms. The van der Waals surface area contributed by atoms with Crippen LogP contribution in [-0.4, -0.2) is 27.0 Å². The lowest BCUT2D eigenvalue weighted by atomic mass is 10.2. The highest BCUT2D eigenvalue weighted by molar-refractivity contribution is 6.29. The third-order valence-corrected chi connectivity index (χ3v) is 2.61. The van der Waals surface area contributed by atoms with Crippen molar-refractivity contribution in [3.63, 3.8) is 0 Å². The van der Waals surface area contributed by atoms with Crippen LogP contribution in [0.2, 0.25) is 5.15 Å². The van der Waals surface area contributed by atoms with Gasteiger partial charge in [-0.15, -0.1) is 0 Å². The highest BCUT2D eigenvalue weighted by Crippen LogP contribution is 2.12. The Morgan fingerprint density at radius 1 is 1.19 bits per heavy atom. The largest absolute Gasteiger partial charge is 0.478 e. The molecule has 1 amide bonds. The molecule has 21 heavy (non-hydrogen) atoms. The van der Waals surface area contributed by atoms with E-state index in [9.17, 15) is 9.59 Å². The van der Waals surface area contributed by atoms with Crippen LogP contribution in [0, 0.1) is 0 Å². The summed E-state index contributed by atoms with van der Waals surface area (Å²) in [5.41, 5.74) is 1.37. The summed E-state index contributed by atoms with van der Waals surface area (Å²) in [7, 11) is 0. The number of carbonyl (C=O) groups is 2. The van der Waals surface area contributed by atoms with Gasteiger partial charge < -0.3 is 10.4 Å². The second-order valence-electron chi connectivity index (χ2n) is 3.97. The van der Waals surface area contributed by atoms with E-state index >= 15 is 0 Å². The Morgan fingerprint density at radius 2 is 1.90 bits per heavy atom. The maximum Gasteiger partial charge on any atom is 0.328 e. The molecule has 0 saturated carbocycles. The Kier molecular flexibility index (Phi) is 4.63. The van der Waals surface area contributed by atoms with Crippen molar-refractivity contribution in [2.45, 2.75) is 0 Å². The quantitative estimate of drug-likeness (QED) is 0.847. The van der Waals surface area contributed by atoms with Gasteiger partial charge in [0.1, 0.15) is 10.8 Å². The molecule has 0 atom stereocenters. The summed E-state index contributed by atoms with van der Waals surface area (Å²) in [6.45, 7) is 0. The smallest absolute Gasteiger partial charge is 0.328 e. The fourth-order valence-corrected chi connectivity index (χ4v) is 1.64. The van der Waals surface area contributed by atoms with Gasteiger partial charge in [0.05, 0.1) is 12.4 Å². The van der Waals surface area contributed by atoms with Crippen molar-refractivity contribution in [2.75, 3.05) is 5.32 Å². The maximum atomic E-state index is 11.9. The van der Waals surface area contributed by atoms with E-state index in [-0.39, 0.29) is 10.8 Å². The van der Waals surface area contributed by atoms with Crippen molar-refractivity contribution in [3.05, 3.63) is 59.1 Å². The van der Waals surface area contributed by atoms with Crippen LogP contribution in [0.3, 0.4) is 0 Å². The second kappa shape index (κ2) is 6.62. The number of nitrogens with one attached hydrogen (secondary N) is 1. The lowest BCUT2D eigenvalue weighted by Crippen LogP contribution is -2.14. The Labute approximate surface area is 125 Å². The van der Waals surface area contributed by atoms with Gasteiger partial charge in [-0.2, -0.15) is 0 Å². The van der Waals surface area contributed by atoms with E-state index in [0.29, 0.717) is 11.3 Å². The highest BCUT2D eigenvalue weighted by atomic mass is 35.5. The molecule has 1 aromatic heterocycles. The number of carboxylic acids is 1. The minimum atomic E-state index is -1.02. The SMILES string of the molecule is O=C(O)/C=C/c1ccc(NC(=O)c2cncc(Cl)n2)cc1. The zero-order valence-electron chi connectivity index (χ0n) is 10.7. The molecule has 0 fully saturated rings. The first kappa shape index (κ1) is 14.7. The van der Waals surface area contributed by atoms with Gasteiger partial charge in [-0.3, -0.25) is 9.78 Å². The standard InChI is InChI=1S/C14H10ClN3O3/c15-12-8-16-7-11(18-12)14(21)17-10-4-1-9(2-5-10)3-6-13(19)20/h1-8H,(H,17,21)(H,19,20)/b6-3+. The highest BCUT2D eigenvalue weighted by Gasteiger charge is 2.08. The number of carboxylic acid groups (broad SMARTS) is 1. The number of rotatable bonds is 4. The van der Waals surface area contributed by atoms with Crippen molar-refractivity contribution in [2.24, 2.45) is 0 Å². The number of aromatic nitrogens is 2. The van der Waals surface area contributed by atoms with E-state index < -0.39 is 11.9 Å². The van der Waals surface area contributed by atoms with E-state index in [2.05, 4.69) is 15.3 Å². The second-order valence-corrected chi connectivity index (χ2v) is 4.36. The summed E-state index contributed by atoms with van der Waals surface area (Å²) in [5, 5.41) is 11.3. The summed E-state index contributed by atoms with van der Waals surface area (Å²) >= 11 is 5.66. The third kappa shape index (κ3) is 4.39. The van der Waals surface area contributed by atoms with Crippen molar-refractivity contribution in [1.29, 1.82) is 0 Å². The topological polar surface area (TPSA) is 92.2 Å². The van der Waals surface area contributed by atoms with Crippen molar-refractivity contribution < 1.29 is 14.7 Å². The number of anilines is 1. The molecule has 0 aliphatic heterocycles. The molecule has 0 aliphatic carbocycles. The van der Waals surface area contributed by atoms with Gasteiger partial charge in [-0.25, -0.2) is 9.78 Å². The van der Waals surface area contributed by atoms with Gasteiger partial charge in [0.15, 0.2) is 0 Å². The fraction of sp³-hybridized carbons (Fsp3) is 0. The molecule has 0 aliphatic rings. The molecular formula is C14H10ClN3O3. The normalized spacial score (nSPS) is 10.5. The van der Waals surface area contributed by atoms with Gasteiger partial charge in [0.25, 0.3) is 5.91 Å². The van der Waals surface area contributed by atoms with E-state index in [1.54, 1.807) is 24.3 Å². The van der Waals surface area contributed by atoms with Crippen LogP contribution in [0.5, 0.6) is 0 Å². The van der Waals surface area contributed by atoms with E-state index in [1.165, 1.54) is 18.5 Å². The Morgan fingerprint density at radius 3 is 2.52 bits per heavy atom. The number of benzene rings is 1. The average Bonchev–Trinajstić information content (AvgIpc) is 2.46. The van der Waals surface area contributed by atoms with Crippen LogP contribution in [-0.2, 0) is 4.79 Å². The summed E-state index contributed by atoms with van der Waals surface area (Å²) < 4.78 is 0. The Balaban J connectivity index is 2.06. The summed E-state index contributed by atoms with van der Waals surface area (Å²) in [6, 6.07) is 6.66. The van der Waals surface area contributed by atoms with Crippen LogP contribution >= 0.6 is 11.6 Å². The van der Waals surface area contributed by atoms with Crippen molar-refractivity contribution in [3.8, 4) is 0 Å². The molecular weight excluding hydrogens is 294 g/mol. The molecule has 0 unspecified atom stereocenters. The lowest BCUT2D eigenvalue weighted by Gasteiger charge is -2.04. The van der Waals surface area contributed by atoms with Gasteiger partial charge in [0, 0.05) is 11.8 Å². The molecule has 6 nitrogen and oxygen atoms in total. The fourth-order valence-electron chi connectivity index (χ4n) is 1.49. The van der Waals surface area contributed by atoms with Crippen molar-refractivity contribution in [1.82, 2.24) is 9.97 Å². The average molecular weight is 304 g/mol. The van der Waals surface area contributed by atoms with Crippen LogP contribution in [0.25, 0.3) is 6.08 Å². The zero-order valence-corrected chi connectivity index (χ0v) is 11.4. The number of aliphatic carboxylic acids is 1. The monoisotopic (exact) mass is 303 g/mol. The number of hydrogen-bond acceptors (Lipinski definition) is 4. The first-order chi connectivity index (χ1) is 10.0. The van der Waals surface area contributed by atoms with E-state index in [4.69, 9.17) is 16.7 Å². The number of halogens is 1. The molecule has 2 N–H and O–H groups in total. The summed E-state index contributed by atoms with van der Waals surface area (Å²) in [6.07, 6.45) is 5.14. The minimum absolute atomic E-state index is 0.109. The van der Waals surface area contributed by atoms with Crippen LogP contribution in [0.1, 0.15) is 16.1 Å². The van der Waals surface area contributed by atoms with Crippen LogP contribution in [0.15, 0.2) is 42.7 Å². The number of hydrogen-bond donors (Lipinski definition) is 2. The van der Waals surface area contributed by atoms with Gasteiger partial charge in [0.2, 0.25) is 0 Å².